The summed E-state index contributed by atoms with van der Waals surface area (Å²) in [6.07, 6.45) is 1.80. The van der Waals surface area contributed by atoms with Crippen LogP contribution in [0.1, 0.15) is 30.0 Å². The number of nitrogens with zero attached hydrogens (tertiary/aromatic N) is 2. The van der Waals surface area contributed by atoms with Crippen LogP contribution in [0.5, 0.6) is 0 Å². The van der Waals surface area contributed by atoms with Crippen LogP contribution in [-0.2, 0) is 0 Å². The molecule has 0 aliphatic carbocycles. The molecule has 108 valence electrons. The summed E-state index contributed by atoms with van der Waals surface area (Å²) >= 11 is 0. The van der Waals surface area contributed by atoms with Crippen molar-refractivity contribution >= 4 is 11.8 Å². The van der Waals surface area contributed by atoms with E-state index in [0.29, 0.717) is 17.9 Å². The average Bonchev–Trinajstić information content (AvgIpc) is 2.86. The van der Waals surface area contributed by atoms with Gasteiger partial charge in [0.15, 0.2) is 0 Å². The maximum absolute atomic E-state index is 12.2. The van der Waals surface area contributed by atoms with E-state index in [2.05, 4.69) is 40.5 Å². The lowest BCUT2D eigenvalue weighted by Gasteiger charge is -2.27. The summed E-state index contributed by atoms with van der Waals surface area (Å²) in [6, 6.07) is 10.3. The monoisotopic (exact) mass is 282 g/mol. The normalized spacial score (nSPS) is 18.3. The van der Waals surface area contributed by atoms with Crippen LogP contribution in [0.15, 0.2) is 47.8 Å². The van der Waals surface area contributed by atoms with Crippen molar-refractivity contribution in [3.63, 3.8) is 0 Å². The topological polar surface area (TPSA) is 75.0 Å². The Morgan fingerprint density at radius 1 is 1.48 bits per heavy atom. The zero-order chi connectivity index (χ0) is 15.0. The van der Waals surface area contributed by atoms with Crippen molar-refractivity contribution in [2.45, 2.75) is 18.9 Å². The van der Waals surface area contributed by atoms with E-state index in [4.69, 9.17) is 5.73 Å². The fourth-order valence-electron chi connectivity index (χ4n) is 2.88. The highest BCUT2D eigenvalue weighted by Gasteiger charge is 2.34. The van der Waals surface area contributed by atoms with Gasteiger partial charge in [-0.05, 0) is 12.5 Å². The summed E-state index contributed by atoms with van der Waals surface area (Å²) in [6.45, 7) is 6.62. The van der Waals surface area contributed by atoms with Crippen molar-refractivity contribution in [3.8, 4) is 0 Å². The number of rotatable bonds is 3. The first kappa shape index (κ1) is 13.4. The first-order valence-electron chi connectivity index (χ1n) is 6.95. The molecule has 2 unspecified atom stereocenters. The van der Waals surface area contributed by atoms with Gasteiger partial charge in [-0.25, -0.2) is 0 Å². The van der Waals surface area contributed by atoms with Crippen molar-refractivity contribution in [1.82, 2.24) is 9.97 Å². The predicted octanol–water partition coefficient (Wildman–Crippen LogP) is 2.20. The molecule has 3 N–H and O–H groups in total. The maximum atomic E-state index is 12.2. The summed E-state index contributed by atoms with van der Waals surface area (Å²) < 4.78 is 0. The SMILES string of the molecule is C=CC1CN(C(C)c2ccccc2)c2nc(N)[nH]c(=O)c21. The van der Waals surface area contributed by atoms with Gasteiger partial charge in [0.2, 0.25) is 5.95 Å². The van der Waals surface area contributed by atoms with Crippen LogP contribution in [0, 0.1) is 0 Å². The standard InChI is InChI=1S/C16H18N4O/c1-3-11-9-20(10(2)12-7-5-4-6-8-12)14-13(11)15(21)19-16(17)18-14/h3-8,10-11H,1,9H2,2H3,(H3,17,18,19,21). The third-order valence-electron chi connectivity index (χ3n) is 4.02. The Bertz CT molecular complexity index is 723. The van der Waals surface area contributed by atoms with Gasteiger partial charge in [-0.1, -0.05) is 36.4 Å². The van der Waals surface area contributed by atoms with Crippen LogP contribution in [0.3, 0.4) is 0 Å². The molecular weight excluding hydrogens is 264 g/mol. The lowest BCUT2D eigenvalue weighted by Crippen LogP contribution is -2.26. The summed E-state index contributed by atoms with van der Waals surface area (Å²) in [4.78, 5) is 21.2. The molecule has 2 aromatic rings. The van der Waals surface area contributed by atoms with Crippen molar-refractivity contribution in [1.29, 1.82) is 0 Å². The molecule has 0 saturated carbocycles. The van der Waals surface area contributed by atoms with Crippen LogP contribution in [0.4, 0.5) is 11.8 Å². The number of fused-ring (bicyclic) bond motifs is 1. The number of hydrogen-bond donors (Lipinski definition) is 2. The number of H-pyrrole nitrogens is 1. The van der Waals surface area contributed by atoms with Crippen molar-refractivity contribution < 1.29 is 0 Å². The van der Waals surface area contributed by atoms with Crippen LogP contribution in [-0.4, -0.2) is 16.5 Å². The maximum Gasteiger partial charge on any atom is 0.258 e. The van der Waals surface area contributed by atoms with Gasteiger partial charge < -0.3 is 10.6 Å². The molecule has 5 heteroatoms. The number of nitrogen functional groups attached to an aromatic ring is 1. The lowest BCUT2D eigenvalue weighted by molar-refractivity contribution is 0.672. The van der Waals surface area contributed by atoms with Gasteiger partial charge in [-0.3, -0.25) is 9.78 Å². The Labute approximate surface area is 123 Å². The molecule has 1 aliphatic heterocycles. The molecule has 5 nitrogen and oxygen atoms in total. The number of aromatic amines is 1. The number of anilines is 2. The minimum absolute atomic E-state index is 0.0250. The summed E-state index contributed by atoms with van der Waals surface area (Å²) in [5, 5.41) is 0. The zero-order valence-electron chi connectivity index (χ0n) is 11.9. The molecular formula is C16H18N4O. The highest BCUT2D eigenvalue weighted by molar-refractivity contribution is 5.58. The van der Waals surface area contributed by atoms with Gasteiger partial charge in [0.25, 0.3) is 5.56 Å². The largest absolute Gasteiger partial charge is 0.369 e. The fourth-order valence-corrected chi connectivity index (χ4v) is 2.88. The Balaban J connectivity index is 2.08. The minimum Gasteiger partial charge on any atom is -0.369 e. The van der Waals surface area contributed by atoms with E-state index < -0.39 is 0 Å². The van der Waals surface area contributed by atoms with Gasteiger partial charge in [0, 0.05) is 12.5 Å². The Morgan fingerprint density at radius 3 is 2.86 bits per heavy atom. The molecule has 0 fully saturated rings. The third kappa shape index (κ3) is 2.20. The first-order valence-corrected chi connectivity index (χ1v) is 6.95. The van der Waals surface area contributed by atoms with Gasteiger partial charge in [-0.2, -0.15) is 4.98 Å². The van der Waals surface area contributed by atoms with Crippen LogP contribution in [0.2, 0.25) is 0 Å². The van der Waals surface area contributed by atoms with E-state index in [-0.39, 0.29) is 23.5 Å². The summed E-state index contributed by atoms with van der Waals surface area (Å²) in [5.41, 5.74) is 7.35. The number of nitrogens with two attached hydrogens (primary N) is 1. The van der Waals surface area contributed by atoms with E-state index in [1.54, 1.807) is 6.08 Å². The molecule has 0 saturated heterocycles. The quantitative estimate of drug-likeness (QED) is 0.846. The van der Waals surface area contributed by atoms with Gasteiger partial charge in [0.1, 0.15) is 5.82 Å². The van der Waals surface area contributed by atoms with E-state index in [9.17, 15) is 4.79 Å². The summed E-state index contributed by atoms with van der Waals surface area (Å²) in [5.74, 6) is 0.786. The third-order valence-corrected chi connectivity index (χ3v) is 4.02. The van der Waals surface area contributed by atoms with Crippen molar-refractivity contribution in [2.24, 2.45) is 0 Å². The molecule has 0 amide bonds. The highest BCUT2D eigenvalue weighted by atomic mass is 16.1. The molecule has 0 radical (unpaired) electrons. The van der Waals surface area contributed by atoms with E-state index in [1.165, 1.54) is 5.56 Å². The van der Waals surface area contributed by atoms with Crippen molar-refractivity contribution in [2.75, 3.05) is 17.2 Å². The molecule has 0 spiro atoms. The summed E-state index contributed by atoms with van der Waals surface area (Å²) in [7, 11) is 0. The fraction of sp³-hybridized carbons (Fsp3) is 0.250. The molecule has 21 heavy (non-hydrogen) atoms. The van der Waals surface area contributed by atoms with Crippen LogP contribution >= 0.6 is 0 Å². The molecule has 1 aromatic heterocycles. The molecule has 1 aliphatic rings. The van der Waals surface area contributed by atoms with E-state index in [1.807, 2.05) is 18.2 Å². The van der Waals surface area contributed by atoms with E-state index >= 15 is 0 Å². The Hall–Kier alpha value is -2.56. The van der Waals surface area contributed by atoms with Crippen molar-refractivity contribution in [3.05, 3.63) is 64.5 Å². The predicted molar refractivity (Wildman–Crippen MR) is 84.4 cm³/mol. The van der Waals surface area contributed by atoms with Gasteiger partial charge in [0.05, 0.1) is 11.6 Å². The number of hydrogen-bond acceptors (Lipinski definition) is 4. The zero-order valence-corrected chi connectivity index (χ0v) is 11.9. The number of aromatic nitrogens is 2. The second kappa shape index (κ2) is 5.09. The molecule has 0 bridgehead atoms. The second-order valence-corrected chi connectivity index (χ2v) is 5.27. The number of benzene rings is 1. The minimum atomic E-state index is -0.176. The molecule has 3 rings (SSSR count). The van der Waals surface area contributed by atoms with Gasteiger partial charge in [-0.15, -0.1) is 6.58 Å². The molecule has 2 heterocycles. The Kier molecular flexibility index (Phi) is 3.25. The molecule has 1 aromatic carbocycles. The second-order valence-electron chi connectivity index (χ2n) is 5.27. The van der Waals surface area contributed by atoms with Crippen LogP contribution in [0.25, 0.3) is 0 Å². The molecule has 2 atom stereocenters. The smallest absolute Gasteiger partial charge is 0.258 e. The Morgan fingerprint density at radius 2 is 2.19 bits per heavy atom. The lowest BCUT2D eigenvalue weighted by atomic mass is 10.1. The average molecular weight is 282 g/mol. The number of nitrogens with one attached hydrogen (secondary N) is 1. The first-order chi connectivity index (χ1) is 10.1. The van der Waals surface area contributed by atoms with Crippen LogP contribution < -0.4 is 16.2 Å². The van der Waals surface area contributed by atoms with E-state index in [0.717, 1.165) is 0 Å². The van der Waals surface area contributed by atoms with Gasteiger partial charge >= 0.3 is 0 Å². The highest BCUT2D eigenvalue weighted by Crippen LogP contribution is 2.38.